The number of nitrogens with zero attached hydrogens (tertiary/aromatic N) is 1. The van der Waals surface area contributed by atoms with Crippen molar-refractivity contribution in [1.82, 2.24) is 9.62 Å². The number of amides is 1. The molecule has 1 atom stereocenters. The van der Waals surface area contributed by atoms with Crippen LogP contribution in [-0.2, 0) is 29.1 Å². The van der Waals surface area contributed by atoms with Crippen molar-refractivity contribution in [3.8, 4) is 0 Å². The van der Waals surface area contributed by atoms with Gasteiger partial charge in [-0.3, -0.25) is 4.79 Å². The predicted molar refractivity (Wildman–Crippen MR) is 119 cm³/mol. The molecule has 0 saturated heterocycles. The maximum Gasteiger partial charge on any atom is 0.344 e. The van der Waals surface area contributed by atoms with Crippen LogP contribution in [0.25, 0.3) is 0 Å². The molecule has 0 aromatic heterocycles. The zero-order valence-corrected chi connectivity index (χ0v) is 20.6. The predicted octanol–water partition coefficient (Wildman–Crippen LogP) is 2.36. The number of ether oxygens (including phenoxy) is 2. The first-order valence-corrected chi connectivity index (χ1v) is 12.0. The summed E-state index contributed by atoms with van der Waals surface area (Å²) in [5, 5.41) is 2.57. The average molecular weight is 471 g/mol. The molecule has 0 heterocycles. The molecule has 0 bridgehead atoms. The van der Waals surface area contributed by atoms with Crippen molar-refractivity contribution in [3.63, 3.8) is 0 Å². The van der Waals surface area contributed by atoms with E-state index in [9.17, 15) is 22.8 Å². The van der Waals surface area contributed by atoms with Crippen LogP contribution in [0, 0.1) is 5.92 Å². The Bertz CT molecular complexity index is 916. The van der Waals surface area contributed by atoms with E-state index in [1.807, 2.05) is 0 Å². The summed E-state index contributed by atoms with van der Waals surface area (Å²) in [4.78, 5) is 37.0. The number of carbonyl (C=O) groups excluding carboxylic acids is 3. The minimum atomic E-state index is -3.74. The summed E-state index contributed by atoms with van der Waals surface area (Å²) in [5.41, 5.74) is -0.630. The number of nitrogens with one attached hydrogen (secondary N) is 1. The molecule has 1 N–H and O–H groups in total. The fourth-order valence-corrected chi connectivity index (χ4v) is 4.33. The highest BCUT2D eigenvalue weighted by atomic mass is 32.2. The normalized spacial score (nSPS) is 13.0. The van der Waals surface area contributed by atoms with E-state index in [2.05, 4.69) is 5.32 Å². The van der Waals surface area contributed by atoms with Crippen LogP contribution in [-0.4, -0.2) is 61.9 Å². The Morgan fingerprint density at radius 1 is 1.09 bits per heavy atom. The third-order valence-electron chi connectivity index (χ3n) is 4.40. The molecule has 1 amide bonds. The van der Waals surface area contributed by atoms with Crippen LogP contribution in [0.1, 0.15) is 58.8 Å². The van der Waals surface area contributed by atoms with Crippen molar-refractivity contribution in [2.45, 2.75) is 65.0 Å². The average Bonchev–Trinajstić information content (AvgIpc) is 2.69. The molecule has 1 rings (SSSR count). The zero-order valence-electron chi connectivity index (χ0n) is 19.8. The largest absolute Gasteiger partial charge is 0.457 e. The van der Waals surface area contributed by atoms with Gasteiger partial charge in [0.2, 0.25) is 10.0 Å². The van der Waals surface area contributed by atoms with Gasteiger partial charge in [0.05, 0.1) is 4.90 Å². The molecule has 9 nitrogen and oxygen atoms in total. The van der Waals surface area contributed by atoms with E-state index in [0.29, 0.717) is 13.1 Å². The molecule has 0 aliphatic heterocycles. The van der Waals surface area contributed by atoms with E-state index in [1.54, 1.807) is 48.5 Å². The molecule has 0 aliphatic rings. The van der Waals surface area contributed by atoms with E-state index in [0.717, 1.165) is 0 Å². The molecule has 180 valence electrons. The van der Waals surface area contributed by atoms with E-state index in [-0.39, 0.29) is 16.4 Å². The first-order chi connectivity index (χ1) is 14.7. The quantitative estimate of drug-likeness (QED) is 0.521. The van der Waals surface area contributed by atoms with Crippen LogP contribution in [0.3, 0.4) is 0 Å². The molecular weight excluding hydrogens is 436 g/mol. The first kappa shape index (κ1) is 27.6. The molecular formula is C22H34N2O7S. The number of esters is 2. The van der Waals surface area contributed by atoms with Crippen molar-refractivity contribution in [3.05, 3.63) is 29.8 Å². The van der Waals surface area contributed by atoms with Crippen molar-refractivity contribution in [2.75, 3.05) is 19.7 Å². The van der Waals surface area contributed by atoms with Crippen LogP contribution in [0.15, 0.2) is 29.2 Å². The van der Waals surface area contributed by atoms with Gasteiger partial charge in [0.15, 0.2) is 6.61 Å². The maximum absolute atomic E-state index is 12.8. The Balaban J connectivity index is 2.96. The SMILES string of the molecule is CCN(CC)S(=O)(=O)c1cccc(C(=O)N[C@H](C(=O)OCC(=O)OC(C)(C)C)C(C)C)c1. The summed E-state index contributed by atoms with van der Waals surface area (Å²) < 4.78 is 36.9. The number of hydrogen-bond donors (Lipinski definition) is 1. The van der Waals surface area contributed by atoms with Crippen molar-refractivity contribution in [1.29, 1.82) is 0 Å². The number of sulfonamides is 1. The molecule has 0 saturated carbocycles. The molecule has 0 aliphatic carbocycles. The summed E-state index contributed by atoms with van der Waals surface area (Å²) in [6, 6.07) is 4.58. The molecule has 1 aromatic carbocycles. The van der Waals surface area contributed by atoms with Gasteiger partial charge in [-0.2, -0.15) is 4.31 Å². The van der Waals surface area contributed by atoms with Gasteiger partial charge in [0.25, 0.3) is 5.91 Å². The van der Waals surface area contributed by atoms with Crippen molar-refractivity contribution >= 4 is 27.9 Å². The second kappa shape index (κ2) is 11.4. The third kappa shape index (κ3) is 7.90. The highest BCUT2D eigenvalue weighted by Gasteiger charge is 2.28. The fourth-order valence-electron chi connectivity index (χ4n) is 2.82. The topological polar surface area (TPSA) is 119 Å². The first-order valence-electron chi connectivity index (χ1n) is 10.5. The van der Waals surface area contributed by atoms with E-state index < -0.39 is 46.1 Å². The van der Waals surface area contributed by atoms with Gasteiger partial charge in [-0.1, -0.05) is 33.8 Å². The van der Waals surface area contributed by atoms with Gasteiger partial charge in [-0.05, 0) is 44.9 Å². The summed E-state index contributed by atoms with van der Waals surface area (Å²) in [5.74, 6) is -2.46. The molecule has 0 unspecified atom stereocenters. The van der Waals surface area contributed by atoms with E-state index in [1.165, 1.54) is 28.6 Å². The lowest BCUT2D eigenvalue weighted by Crippen LogP contribution is -2.46. The smallest absolute Gasteiger partial charge is 0.344 e. The monoisotopic (exact) mass is 470 g/mol. The minimum absolute atomic E-state index is 0.0116. The van der Waals surface area contributed by atoms with Crippen LogP contribution in [0.5, 0.6) is 0 Å². The number of hydrogen-bond acceptors (Lipinski definition) is 7. The second-order valence-corrected chi connectivity index (χ2v) is 10.4. The van der Waals surface area contributed by atoms with Crippen LogP contribution in [0.4, 0.5) is 0 Å². The Morgan fingerprint density at radius 3 is 2.19 bits per heavy atom. The number of benzene rings is 1. The lowest BCUT2D eigenvalue weighted by atomic mass is 10.0. The lowest BCUT2D eigenvalue weighted by Gasteiger charge is -2.22. The molecule has 1 aromatic rings. The third-order valence-corrected chi connectivity index (χ3v) is 6.44. The van der Waals surface area contributed by atoms with Crippen LogP contribution in [0.2, 0.25) is 0 Å². The van der Waals surface area contributed by atoms with Gasteiger partial charge < -0.3 is 14.8 Å². The molecule has 32 heavy (non-hydrogen) atoms. The fraction of sp³-hybridized carbons (Fsp3) is 0.591. The van der Waals surface area contributed by atoms with Crippen molar-refractivity contribution < 1.29 is 32.3 Å². The van der Waals surface area contributed by atoms with E-state index >= 15 is 0 Å². The lowest BCUT2D eigenvalue weighted by molar-refractivity contribution is -0.167. The molecule has 0 fully saturated rings. The maximum atomic E-state index is 12.8. The van der Waals surface area contributed by atoms with Gasteiger partial charge in [0, 0.05) is 18.7 Å². The minimum Gasteiger partial charge on any atom is -0.457 e. The number of carbonyl (C=O) groups is 3. The van der Waals surface area contributed by atoms with E-state index in [4.69, 9.17) is 9.47 Å². The highest BCUT2D eigenvalue weighted by molar-refractivity contribution is 7.89. The Hall–Kier alpha value is -2.46. The van der Waals surface area contributed by atoms with Gasteiger partial charge in [-0.25, -0.2) is 18.0 Å². The molecule has 0 radical (unpaired) electrons. The Labute approximate surface area is 190 Å². The van der Waals surface area contributed by atoms with Crippen LogP contribution >= 0.6 is 0 Å². The Kier molecular flexibility index (Phi) is 9.84. The summed E-state index contributed by atoms with van der Waals surface area (Å²) in [6.45, 7) is 12.0. The van der Waals surface area contributed by atoms with Crippen molar-refractivity contribution in [2.24, 2.45) is 5.92 Å². The highest BCUT2D eigenvalue weighted by Crippen LogP contribution is 2.17. The number of rotatable bonds is 10. The zero-order chi connectivity index (χ0) is 24.7. The second-order valence-electron chi connectivity index (χ2n) is 8.51. The van der Waals surface area contributed by atoms with Gasteiger partial charge >= 0.3 is 11.9 Å². The summed E-state index contributed by atoms with van der Waals surface area (Å²) in [7, 11) is -3.74. The molecule has 0 spiro atoms. The van der Waals surface area contributed by atoms with Crippen LogP contribution < -0.4 is 5.32 Å². The standard InChI is InChI=1S/C22H34N2O7S/c1-8-24(9-2)32(28,29)17-12-10-11-16(13-17)20(26)23-19(15(3)4)21(27)30-14-18(25)31-22(5,6)7/h10-13,15,19H,8-9,14H2,1-7H3,(H,23,26)/t19-/m0/s1. The Morgan fingerprint density at radius 2 is 1.69 bits per heavy atom. The molecule has 10 heteroatoms. The van der Waals surface area contributed by atoms with Gasteiger partial charge in [0.1, 0.15) is 11.6 Å². The summed E-state index contributed by atoms with van der Waals surface area (Å²) >= 11 is 0. The summed E-state index contributed by atoms with van der Waals surface area (Å²) in [6.07, 6.45) is 0. The van der Waals surface area contributed by atoms with Gasteiger partial charge in [-0.15, -0.1) is 0 Å².